The number of ether oxygens (including phenoxy) is 1. The van der Waals surface area contributed by atoms with Gasteiger partial charge in [0, 0.05) is 16.7 Å². The number of pyridine rings is 1. The molecule has 0 saturated heterocycles. The molecule has 1 aromatic carbocycles. The Morgan fingerprint density at radius 3 is 2.41 bits per heavy atom. The van der Waals surface area contributed by atoms with Gasteiger partial charge in [-0.05, 0) is 24.3 Å². The summed E-state index contributed by atoms with van der Waals surface area (Å²) in [6.07, 6.45) is -3.82. The highest BCUT2D eigenvalue weighted by molar-refractivity contribution is 9.10. The van der Waals surface area contributed by atoms with Gasteiger partial charge in [0.2, 0.25) is 0 Å². The van der Waals surface area contributed by atoms with Gasteiger partial charge < -0.3 is 9.30 Å². The van der Waals surface area contributed by atoms with Gasteiger partial charge >= 0.3 is 12.1 Å². The number of hydrogen-bond acceptors (Lipinski definition) is 6. The van der Waals surface area contributed by atoms with Crippen LogP contribution in [-0.4, -0.2) is 32.0 Å². The SMILES string of the molecule is COC(=O)c1ccc(S(=O)(=O)NC(=O)Cn2ccc(Br)cc2=O)cc1C(F)(F)F. The summed E-state index contributed by atoms with van der Waals surface area (Å²) in [6, 6.07) is 4.15. The molecule has 1 aromatic heterocycles. The summed E-state index contributed by atoms with van der Waals surface area (Å²) in [4.78, 5) is 34.3. The summed E-state index contributed by atoms with van der Waals surface area (Å²) in [5.74, 6) is -2.46. The average Bonchev–Trinajstić information content (AvgIpc) is 2.61. The number of amides is 1. The highest BCUT2D eigenvalue weighted by Crippen LogP contribution is 2.34. The zero-order valence-electron chi connectivity index (χ0n) is 14.5. The third-order valence-corrected chi connectivity index (χ3v) is 5.40. The molecule has 0 atom stereocenters. The Morgan fingerprint density at radius 2 is 1.86 bits per heavy atom. The van der Waals surface area contributed by atoms with Crippen molar-refractivity contribution >= 4 is 37.8 Å². The van der Waals surface area contributed by atoms with E-state index in [0.717, 1.165) is 23.8 Å². The van der Waals surface area contributed by atoms with Crippen LogP contribution in [0.2, 0.25) is 0 Å². The first-order chi connectivity index (χ1) is 13.3. The molecular formula is C16H12BrF3N2O6S. The highest BCUT2D eigenvalue weighted by atomic mass is 79.9. The molecule has 1 N–H and O–H groups in total. The molecule has 29 heavy (non-hydrogen) atoms. The number of carbonyl (C=O) groups is 2. The van der Waals surface area contributed by atoms with E-state index < -0.39 is 56.2 Å². The molecule has 0 radical (unpaired) electrons. The van der Waals surface area contributed by atoms with Crippen molar-refractivity contribution in [2.75, 3.05) is 7.11 Å². The van der Waals surface area contributed by atoms with Crippen molar-refractivity contribution in [2.24, 2.45) is 0 Å². The van der Waals surface area contributed by atoms with Crippen LogP contribution in [0.15, 0.2) is 50.7 Å². The molecule has 0 saturated carbocycles. The Bertz CT molecular complexity index is 1130. The minimum absolute atomic E-state index is 0.216. The van der Waals surface area contributed by atoms with E-state index in [9.17, 15) is 36.0 Å². The smallest absolute Gasteiger partial charge is 0.417 e. The van der Waals surface area contributed by atoms with E-state index in [2.05, 4.69) is 20.7 Å². The first-order valence-electron chi connectivity index (χ1n) is 7.56. The maximum Gasteiger partial charge on any atom is 0.417 e. The quantitative estimate of drug-likeness (QED) is 0.633. The Morgan fingerprint density at radius 1 is 1.21 bits per heavy atom. The second kappa shape index (κ2) is 8.37. The van der Waals surface area contributed by atoms with Crippen LogP contribution in [0.4, 0.5) is 13.2 Å². The third kappa shape index (κ3) is 5.44. The van der Waals surface area contributed by atoms with Gasteiger partial charge in [0.25, 0.3) is 21.5 Å². The van der Waals surface area contributed by atoms with Gasteiger partial charge in [-0.3, -0.25) is 9.59 Å². The van der Waals surface area contributed by atoms with Gasteiger partial charge in [0.1, 0.15) is 6.54 Å². The molecule has 0 fully saturated rings. The summed E-state index contributed by atoms with van der Waals surface area (Å²) >= 11 is 3.05. The minimum atomic E-state index is -5.05. The average molecular weight is 497 g/mol. The van der Waals surface area contributed by atoms with Gasteiger partial charge in [-0.25, -0.2) is 17.9 Å². The number of carbonyl (C=O) groups excluding carboxylic acids is 2. The fourth-order valence-electron chi connectivity index (χ4n) is 2.22. The van der Waals surface area contributed by atoms with Crippen molar-refractivity contribution in [1.29, 1.82) is 0 Å². The molecule has 13 heteroatoms. The molecule has 0 aliphatic heterocycles. The van der Waals surface area contributed by atoms with Crippen LogP contribution in [0.1, 0.15) is 15.9 Å². The molecule has 0 aliphatic rings. The molecular weight excluding hydrogens is 485 g/mol. The predicted octanol–water partition coefficient (Wildman–Crippen LogP) is 1.92. The molecule has 0 bridgehead atoms. The van der Waals surface area contributed by atoms with Crippen LogP contribution in [-0.2, 0) is 32.3 Å². The van der Waals surface area contributed by atoms with Crippen LogP contribution < -0.4 is 10.3 Å². The number of esters is 1. The fraction of sp³-hybridized carbons (Fsp3) is 0.188. The maximum absolute atomic E-state index is 13.2. The van der Waals surface area contributed by atoms with Gasteiger partial charge in [-0.1, -0.05) is 15.9 Å². The number of halogens is 4. The van der Waals surface area contributed by atoms with Gasteiger partial charge in [-0.2, -0.15) is 13.2 Å². The lowest BCUT2D eigenvalue weighted by Gasteiger charge is -2.14. The summed E-state index contributed by atoms with van der Waals surface area (Å²) in [5.41, 5.74) is -3.02. The molecule has 156 valence electrons. The first kappa shape index (κ1) is 22.6. The summed E-state index contributed by atoms with van der Waals surface area (Å²) < 4.78 is 71.4. The Hall–Kier alpha value is -2.67. The van der Waals surface area contributed by atoms with Crippen LogP contribution in [0, 0.1) is 0 Å². The number of hydrogen-bond donors (Lipinski definition) is 1. The number of benzene rings is 1. The Kier molecular flexibility index (Phi) is 6.53. The first-order valence-corrected chi connectivity index (χ1v) is 9.84. The number of aromatic nitrogens is 1. The van der Waals surface area contributed by atoms with E-state index in [1.807, 2.05) is 0 Å². The standard InChI is InChI=1S/C16H12BrF3N2O6S/c1-28-15(25)11-3-2-10(7-12(11)16(18,19)20)29(26,27)21-13(23)8-22-5-4-9(17)6-14(22)24/h2-7H,8H2,1H3,(H,21,23). The molecule has 2 rings (SSSR count). The van der Waals surface area contributed by atoms with Crippen molar-refractivity contribution in [2.45, 2.75) is 17.6 Å². The topological polar surface area (TPSA) is 112 Å². The third-order valence-electron chi connectivity index (χ3n) is 3.53. The molecule has 1 heterocycles. The Labute approximate surface area is 170 Å². The van der Waals surface area contributed by atoms with E-state index in [1.165, 1.54) is 12.3 Å². The van der Waals surface area contributed by atoms with E-state index >= 15 is 0 Å². The van der Waals surface area contributed by atoms with E-state index in [4.69, 9.17) is 0 Å². The van der Waals surface area contributed by atoms with Gasteiger partial charge in [0.05, 0.1) is 23.1 Å². The van der Waals surface area contributed by atoms with E-state index in [1.54, 1.807) is 4.72 Å². The summed E-state index contributed by atoms with van der Waals surface area (Å²) in [7, 11) is -3.84. The fourth-order valence-corrected chi connectivity index (χ4v) is 3.54. The van der Waals surface area contributed by atoms with Crippen molar-refractivity contribution in [3.05, 3.63) is 62.5 Å². The number of nitrogens with zero attached hydrogens (tertiary/aromatic N) is 1. The van der Waals surface area contributed by atoms with Crippen molar-refractivity contribution in [3.8, 4) is 0 Å². The largest absolute Gasteiger partial charge is 0.465 e. The highest BCUT2D eigenvalue weighted by Gasteiger charge is 2.37. The number of nitrogens with one attached hydrogen (secondary N) is 1. The van der Waals surface area contributed by atoms with Crippen molar-refractivity contribution in [1.82, 2.24) is 9.29 Å². The molecule has 0 aliphatic carbocycles. The number of methoxy groups -OCH3 is 1. The molecule has 8 nitrogen and oxygen atoms in total. The minimum Gasteiger partial charge on any atom is -0.465 e. The van der Waals surface area contributed by atoms with Crippen LogP contribution >= 0.6 is 15.9 Å². The molecule has 0 unspecified atom stereocenters. The zero-order valence-corrected chi connectivity index (χ0v) is 16.9. The molecule has 2 aromatic rings. The van der Waals surface area contributed by atoms with E-state index in [-0.39, 0.29) is 6.07 Å². The van der Waals surface area contributed by atoms with Crippen molar-refractivity contribution < 1.29 is 35.9 Å². The summed E-state index contributed by atoms with van der Waals surface area (Å²) in [6.45, 7) is -0.683. The maximum atomic E-state index is 13.2. The number of alkyl halides is 3. The number of sulfonamides is 1. The molecule has 1 amide bonds. The van der Waals surface area contributed by atoms with Gasteiger partial charge in [-0.15, -0.1) is 0 Å². The lowest BCUT2D eigenvalue weighted by Crippen LogP contribution is -2.36. The lowest BCUT2D eigenvalue weighted by molar-refractivity contribution is -0.138. The monoisotopic (exact) mass is 496 g/mol. The van der Waals surface area contributed by atoms with E-state index in [0.29, 0.717) is 10.5 Å². The normalized spacial score (nSPS) is 11.8. The van der Waals surface area contributed by atoms with Gasteiger partial charge in [0.15, 0.2) is 0 Å². The summed E-state index contributed by atoms with van der Waals surface area (Å²) in [5, 5.41) is 0. The second-order valence-corrected chi connectivity index (χ2v) is 8.13. The van der Waals surface area contributed by atoms with Crippen LogP contribution in [0.3, 0.4) is 0 Å². The van der Waals surface area contributed by atoms with Crippen molar-refractivity contribution in [3.63, 3.8) is 0 Å². The number of rotatable bonds is 5. The predicted molar refractivity (Wildman–Crippen MR) is 96.5 cm³/mol. The Balaban J connectivity index is 2.34. The lowest BCUT2D eigenvalue weighted by atomic mass is 10.1. The van der Waals surface area contributed by atoms with Crippen LogP contribution in [0.25, 0.3) is 0 Å². The second-order valence-electron chi connectivity index (χ2n) is 5.54. The van der Waals surface area contributed by atoms with Crippen LogP contribution in [0.5, 0.6) is 0 Å². The zero-order chi connectivity index (χ0) is 22.0. The molecule has 0 spiro atoms.